The van der Waals surface area contributed by atoms with E-state index in [9.17, 15) is 5.11 Å². The normalized spacial score (nSPS) is 14.6. The Labute approximate surface area is 104 Å². The van der Waals surface area contributed by atoms with E-state index in [0.29, 0.717) is 17.4 Å². The number of nitrogens with one attached hydrogen (secondary N) is 1. The zero-order valence-corrected chi connectivity index (χ0v) is 10.8. The summed E-state index contributed by atoms with van der Waals surface area (Å²) in [5.74, 6) is 2.06. The summed E-state index contributed by atoms with van der Waals surface area (Å²) >= 11 is 1.28. The summed E-state index contributed by atoms with van der Waals surface area (Å²) in [6.07, 6.45) is 0. The molecule has 2 heterocycles. The van der Waals surface area contributed by atoms with Gasteiger partial charge < -0.3 is 14.8 Å². The molecule has 1 atom stereocenters. The number of anilines is 1. The van der Waals surface area contributed by atoms with Crippen LogP contribution in [0.15, 0.2) is 16.5 Å². The van der Waals surface area contributed by atoms with Crippen molar-refractivity contribution in [3.05, 3.63) is 29.5 Å². The maximum Gasteiger partial charge on any atom is 0.202 e. The average molecular weight is 253 g/mol. The fourth-order valence-electron chi connectivity index (χ4n) is 1.43. The minimum absolute atomic E-state index is 0.328. The molecule has 0 saturated heterocycles. The molecule has 0 aromatic carbocycles. The Morgan fingerprint density at radius 3 is 2.76 bits per heavy atom. The summed E-state index contributed by atoms with van der Waals surface area (Å²) in [6, 6.07) is 3.61. The standard InChI is InChI=1S/C11H15N3O2S/c1-7-4-5-9(16-7)11(3,15)6-12-10-13-8(2)14-17-10/h4-5,15H,6H2,1-3H3,(H,12,13,14). The molecule has 5 nitrogen and oxygen atoms in total. The van der Waals surface area contributed by atoms with Gasteiger partial charge in [0, 0.05) is 11.5 Å². The van der Waals surface area contributed by atoms with Gasteiger partial charge in [-0.3, -0.25) is 0 Å². The van der Waals surface area contributed by atoms with E-state index in [1.54, 1.807) is 13.0 Å². The SMILES string of the molecule is Cc1nsc(NCC(C)(O)c2ccc(C)o2)n1. The first-order valence-electron chi connectivity index (χ1n) is 5.31. The van der Waals surface area contributed by atoms with Gasteiger partial charge in [0.2, 0.25) is 5.13 Å². The smallest absolute Gasteiger partial charge is 0.202 e. The predicted molar refractivity (Wildman–Crippen MR) is 66.2 cm³/mol. The van der Waals surface area contributed by atoms with Crippen molar-refractivity contribution in [2.75, 3.05) is 11.9 Å². The van der Waals surface area contributed by atoms with Gasteiger partial charge in [-0.25, -0.2) is 4.98 Å². The number of furan rings is 1. The van der Waals surface area contributed by atoms with Gasteiger partial charge in [0.25, 0.3) is 0 Å². The van der Waals surface area contributed by atoms with Crippen LogP contribution in [0.3, 0.4) is 0 Å². The number of rotatable bonds is 4. The monoisotopic (exact) mass is 253 g/mol. The Kier molecular flexibility index (Phi) is 3.17. The van der Waals surface area contributed by atoms with E-state index in [0.717, 1.165) is 11.6 Å². The zero-order valence-electron chi connectivity index (χ0n) is 10.0. The molecule has 0 aliphatic heterocycles. The van der Waals surface area contributed by atoms with Crippen LogP contribution in [0, 0.1) is 13.8 Å². The molecule has 0 spiro atoms. The predicted octanol–water partition coefficient (Wildman–Crippen LogP) is 2.07. The van der Waals surface area contributed by atoms with Crippen molar-refractivity contribution in [2.45, 2.75) is 26.4 Å². The average Bonchev–Trinajstić information content (AvgIpc) is 2.85. The van der Waals surface area contributed by atoms with Crippen molar-refractivity contribution in [3.8, 4) is 0 Å². The number of aryl methyl sites for hydroxylation is 2. The lowest BCUT2D eigenvalue weighted by Crippen LogP contribution is -2.30. The highest BCUT2D eigenvalue weighted by atomic mass is 32.1. The summed E-state index contributed by atoms with van der Waals surface area (Å²) in [4.78, 5) is 4.17. The maximum atomic E-state index is 10.3. The topological polar surface area (TPSA) is 71.2 Å². The van der Waals surface area contributed by atoms with Crippen molar-refractivity contribution in [3.63, 3.8) is 0 Å². The van der Waals surface area contributed by atoms with E-state index in [1.807, 2.05) is 19.9 Å². The van der Waals surface area contributed by atoms with Crippen LogP contribution in [-0.2, 0) is 5.60 Å². The van der Waals surface area contributed by atoms with Gasteiger partial charge in [-0.05, 0) is 32.9 Å². The summed E-state index contributed by atoms with van der Waals surface area (Å²) in [6.45, 7) is 5.71. The Morgan fingerprint density at radius 2 is 2.24 bits per heavy atom. The number of hydrogen-bond acceptors (Lipinski definition) is 6. The first-order chi connectivity index (χ1) is 7.97. The Bertz CT molecular complexity index is 504. The first kappa shape index (κ1) is 12.1. The second kappa shape index (κ2) is 4.46. The van der Waals surface area contributed by atoms with Crippen molar-refractivity contribution in [1.82, 2.24) is 9.36 Å². The molecule has 2 N–H and O–H groups in total. The molecular weight excluding hydrogens is 238 g/mol. The molecule has 2 rings (SSSR count). The van der Waals surface area contributed by atoms with Gasteiger partial charge in [0.05, 0.1) is 6.54 Å². The Balaban J connectivity index is 2.02. The van der Waals surface area contributed by atoms with Gasteiger partial charge in [0.15, 0.2) is 0 Å². The molecule has 1 unspecified atom stereocenters. The minimum Gasteiger partial charge on any atom is -0.463 e. The second-order valence-electron chi connectivity index (χ2n) is 4.18. The Morgan fingerprint density at radius 1 is 1.47 bits per heavy atom. The van der Waals surface area contributed by atoms with Crippen LogP contribution >= 0.6 is 11.5 Å². The molecule has 0 radical (unpaired) electrons. The molecule has 2 aromatic rings. The summed E-state index contributed by atoms with van der Waals surface area (Å²) in [5, 5.41) is 14.0. The van der Waals surface area contributed by atoms with Crippen LogP contribution in [0.25, 0.3) is 0 Å². The number of aromatic nitrogens is 2. The molecule has 0 aliphatic rings. The van der Waals surface area contributed by atoms with Crippen molar-refractivity contribution < 1.29 is 9.52 Å². The zero-order chi connectivity index (χ0) is 12.5. The third kappa shape index (κ3) is 2.83. The largest absolute Gasteiger partial charge is 0.463 e. The number of hydrogen-bond donors (Lipinski definition) is 2. The van der Waals surface area contributed by atoms with Gasteiger partial charge in [-0.1, -0.05) is 0 Å². The third-order valence-corrected chi connectivity index (χ3v) is 3.15. The van der Waals surface area contributed by atoms with Crippen LogP contribution in [0.4, 0.5) is 5.13 Å². The molecule has 6 heteroatoms. The molecule has 0 bridgehead atoms. The van der Waals surface area contributed by atoms with Crippen LogP contribution in [0.1, 0.15) is 24.3 Å². The van der Waals surface area contributed by atoms with Gasteiger partial charge in [-0.15, -0.1) is 0 Å². The lowest BCUT2D eigenvalue weighted by atomic mass is 10.0. The van der Waals surface area contributed by atoms with Gasteiger partial charge in [-0.2, -0.15) is 4.37 Å². The maximum absolute atomic E-state index is 10.3. The van der Waals surface area contributed by atoms with Gasteiger partial charge in [0.1, 0.15) is 22.9 Å². The molecule has 0 amide bonds. The van der Waals surface area contributed by atoms with Crippen LogP contribution in [-0.4, -0.2) is 21.0 Å². The highest BCUT2D eigenvalue weighted by Gasteiger charge is 2.26. The van der Waals surface area contributed by atoms with Crippen molar-refractivity contribution in [1.29, 1.82) is 0 Å². The molecule has 92 valence electrons. The van der Waals surface area contributed by atoms with E-state index in [1.165, 1.54) is 11.5 Å². The van der Waals surface area contributed by atoms with E-state index in [-0.39, 0.29) is 0 Å². The van der Waals surface area contributed by atoms with Crippen LogP contribution in [0.5, 0.6) is 0 Å². The lowest BCUT2D eigenvalue weighted by Gasteiger charge is -2.20. The van der Waals surface area contributed by atoms with Crippen LogP contribution < -0.4 is 5.32 Å². The fraction of sp³-hybridized carbons (Fsp3) is 0.455. The molecule has 0 saturated carbocycles. The quantitative estimate of drug-likeness (QED) is 0.872. The molecule has 2 aromatic heterocycles. The number of nitrogens with zero attached hydrogens (tertiary/aromatic N) is 2. The highest BCUT2D eigenvalue weighted by molar-refractivity contribution is 7.09. The minimum atomic E-state index is -1.06. The van der Waals surface area contributed by atoms with E-state index in [4.69, 9.17) is 4.42 Å². The van der Waals surface area contributed by atoms with Crippen molar-refractivity contribution >= 4 is 16.7 Å². The third-order valence-electron chi connectivity index (χ3n) is 2.38. The summed E-state index contributed by atoms with van der Waals surface area (Å²) in [7, 11) is 0. The van der Waals surface area contributed by atoms with Gasteiger partial charge >= 0.3 is 0 Å². The molecule has 0 fully saturated rings. The summed E-state index contributed by atoms with van der Waals surface area (Å²) in [5.41, 5.74) is -1.06. The Hall–Kier alpha value is -1.40. The molecular formula is C11H15N3O2S. The lowest BCUT2D eigenvalue weighted by molar-refractivity contribution is 0.0468. The highest BCUT2D eigenvalue weighted by Crippen LogP contribution is 2.23. The van der Waals surface area contributed by atoms with E-state index < -0.39 is 5.60 Å². The molecule has 17 heavy (non-hydrogen) atoms. The van der Waals surface area contributed by atoms with Crippen molar-refractivity contribution in [2.24, 2.45) is 0 Å². The van der Waals surface area contributed by atoms with Crippen LogP contribution in [0.2, 0.25) is 0 Å². The fourth-order valence-corrected chi connectivity index (χ4v) is 2.00. The summed E-state index contributed by atoms with van der Waals surface area (Å²) < 4.78 is 9.48. The second-order valence-corrected chi connectivity index (χ2v) is 4.94. The molecule has 0 aliphatic carbocycles. The number of aliphatic hydroxyl groups is 1. The van der Waals surface area contributed by atoms with E-state index in [2.05, 4.69) is 14.7 Å². The first-order valence-corrected chi connectivity index (χ1v) is 6.08. The van der Waals surface area contributed by atoms with E-state index >= 15 is 0 Å².